The molecule has 34 heavy (non-hydrogen) atoms. The molecule has 1 unspecified atom stereocenters. The van der Waals surface area contributed by atoms with E-state index in [2.05, 4.69) is 21.4 Å². The molecule has 1 N–H and O–H groups in total. The normalized spacial score (nSPS) is 23.5. The van der Waals surface area contributed by atoms with Crippen LogP contribution >= 0.6 is 0 Å². The third-order valence-electron chi connectivity index (χ3n) is 7.06. The number of benzene rings is 2. The van der Waals surface area contributed by atoms with E-state index in [0.29, 0.717) is 24.1 Å². The summed E-state index contributed by atoms with van der Waals surface area (Å²) in [4.78, 5) is 14.7. The highest BCUT2D eigenvalue weighted by atomic mass is 19.1. The number of fused-ring (bicyclic) bond motifs is 3. The number of aryl methyl sites for hydroxylation is 1. The van der Waals surface area contributed by atoms with Gasteiger partial charge in [0.05, 0.1) is 12.8 Å². The molecular formula is C26H29FN4O3. The number of hydrogen-bond donors (Lipinski definition) is 1. The number of rotatable bonds is 6. The third-order valence-corrected chi connectivity index (χ3v) is 7.06. The summed E-state index contributed by atoms with van der Waals surface area (Å²) in [6, 6.07) is 16.0. The van der Waals surface area contributed by atoms with Crippen molar-refractivity contribution in [3.05, 3.63) is 66.1 Å². The highest BCUT2D eigenvalue weighted by Crippen LogP contribution is 2.42. The molecular weight excluding hydrogens is 435 g/mol. The fourth-order valence-corrected chi connectivity index (χ4v) is 5.24. The number of hydrogen-bond acceptors (Lipinski definition) is 5. The molecule has 0 saturated carbocycles. The molecule has 6 rings (SSSR count). The van der Waals surface area contributed by atoms with Gasteiger partial charge in [0.15, 0.2) is 0 Å². The molecule has 3 aromatic rings. The van der Waals surface area contributed by atoms with Crippen LogP contribution in [0.2, 0.25) is 0 Å². The van der Waals surface area contributed by atoms with Crippen molar-refractivity contribution >= 4 is 11.8 Å². The number of ether oxygens (including phenoxy) is 2. The Balaban J connectivity index is 1.19. The number of methoxy groups -OCH3 is 1. The second-order valence-electron chi connectivity index (χ2n) is 9.08. The van der Waals surface area contributed by atoms with Gasteiger partial charge >= 0.3 is 6.09 Å². The van der Waals surface area contributed by atoms with E-state index >= 15 is 0 Å². The summed E-state index contributed by atoms with van der Waals surface area (Å²) in [5.74, 6) is 1.38. The van der Waals surface area contributed by atoms with Crippen LogP contribution in [-0.2, 0) is 11.8 Å². The van der Waals surface area contributed by atoms with E-state index in [1.807, 2.05) is 11.7 Å². The first-order valence-corrected chi connectivity index (χ1v) is 11.6. The maximum absolute atomic E-state index is 13.3. The van der Waals surface area contributed by atoms with Crippen LogP contribution in [0.3, 0.4) is 0 Å². The highest BCUT2D eigenvalue weighted by molar-refractivity contribution is 5.84. The van der Waals surface area contributed by atoms with Crippen molar-refractivity contribution in [2.24, 2.45) is 13.0 Å². The molecule has 0 radical (unpaired) electrons. The molecule has 4 atom stereocenters. The molecule has 0 aliphatic carbocycles. The van der Waals surface area contributed by atoms with Crippen molar-refractivity contribution in [2.75, 3.05) is 32.1 Å². The standard InChI is InChI=1S/C26H29FN4O3/c1-30-25(14-24(29-30)17-3-5-19(27)6-4-17)23-15-31-12-11-18(23)13-21(31)16-34-26(32)28-20-7-9-22(33-2)10-8-20/h3-10,14,18,21,23H,11-13,15-16H2,1-2H3,(H,28,32)/t18-,21+,23+/m0/s1. The van der Waals surface area contributed by atoms with Crippen LogP contribution in [0.15, 0.2) is 54.6 Å². The molecule has 3 aliphatic rings. The lowest BCUT2D eigenvalue weighted by Gasteiger charge is -2.49. The monoisotopic (exact) mass is 464 g/mol. The summed E-state index contributed by atoms with van der Waals surface area (Å²) in [6.45, 7) is 2.30. The van der Waals surface area contributed by atoms with Gasteiger partial charge in [-0.05, 0) is 79.9 Å². The topological polar surface area (TPSA) is 68.6 Å². The minimum absolute atomic E-state index is 0.224. The van der Waals surface area contributed by atoms with Crippen molar-refractivity contribution in [1.82, 2.24) is 14.7 Å². The molecule has 1 amide bonds. The molecule has 178 valence electrons. The van der Waals surface area contributed by atoms with Gasteiger partial charge in [-0.1, -0.05) is 0 Å². The number of amides is 1. The first-order chi connectivity index (χ1) is 16.5. The minimum Gasteiger partial charge on any atom is -0.497 e. The largest absolute Gasteiger partial charge is 0.497 e. The number of carbonyl (C=O) groups is 1. The quantitative estimate of drug-likeness (QED) is 0.575. The fourth-order valence-electron chi connectivity index (χ4n) is 5.24. The number of halogens is 1. The van der Waals surface area contributed by atoms with Gasteiger partial charge in [0.25, 0.3) is 0 Å². The first kappa shape index (κ1) is 22.4. The van der Waals surface area contributed by atoms with Crippen LogP contribution in [0.25, 0.3) is 11.3 Å². The number of aromatic nitrogens is 2. The van der Waals surface area contributed by atoms with Crippen molar-refractivity contribution in [2.45, 2.75) is 24.8 Å². The van der Waals surface area contributed by atoms with Crippen LogP contribution in [0, 0.1) is 11.7 Å². The Bertz CT molecular complexity index is 1150. The SMILES string of the molecule is COc1ccc(NC(=O)OC[C@H]2C[C@@H]3CCN2C[C@H]3c2cc(-c3ccc(F)cc3)nn2C)cc1. The summed E-state index contributed by atoms with van der Waals surface area (Å²) in [5, 5.41) is 7.46. The van der Waals surface area contributed by atoms with Crippen molar-refractivity contribution in [1.29, 1.82) is 0 Å². The van der Waals surface area contributed by atoms with Crippen molar-refractivity contribution < 1.29 is 18.7 Å². The smallest absolute Gasteiger partial charge is 0.411 e. The Morgan fingerprint density at radius 3 is 2.62 bits per heavy atom. The molecule has 1 aromatic heterocycles. The Hall–Kier alpha value is -3.39. The number of nitrogens with zero attached hydrogens (tertiary/aromatic N) is 3. The number of nitrogens with one attached hydrogen (secondary N) is 1. The molecule has 2 bridgehead atoms. The second kappa shape index (κ2) is 9.46. The molecule has 2 aromatic carbocycles. The Morgan fingerprint density at radius 2 is 1.94 bits per heavy atom. The van der Waals surface area contributed by atoms with Gasteiger partial charge < -0.3 is 9.47 Å². The van der Waals surface area contributed by atoms with E-state index < -0.39 is 6.09 Å². The number of carbonyl (C=O) groups excluding carboxylic acids is 1. The summed E-state index contributed by atoms with van der Waals surface area (Å²) >= 11 is 0. The molecule has 0 spiro atoms. The minimum atomic E-state index is -0.445. The van der Waals surface area contributed by atoms with Crippen LogP contribution in [0.5, 0.6) is 5.75 Å². The Kier molecular flexibility index (Phi) is 6.24. The zero-order chi connectivity index (χ0) is 23.7. The second-order valence-corrected chi connectivity index (χ2v) is 9.08. The van der Waals surface area contributed by atoms with Crippen LogP contribution in [0.4, 0.5) is 14.9 Å². The summed E-state index contributed by atoms with van der Waals surface area (Å²) < 4.78 is 25.9. The average molecular weight is 465 g/mol. The molecule has 8 heteroatoms. The van der Waals surface area contributed by atoms with E-state index in [4.69, 9.17) is 9.47 Å². The van der Waals surface area contributed by atoms with Crippen LogP contribution in [-0.4, -0.2) is 53.6 Å². The van der Waals surface area contributed by atoms with Gasteiger partial charge in [-0.2, -0.15) is 5.10 Å². The molecule has 3 saturated heterocycles. The third kappa shape index (κ3) is 4.63. The van der Waals surface area contributed by atoms with Crippen LogP contribution < -0.4 is 10.1 Å². The maximum Gasteiger partial charge on any atom is 0.411 e. The molecule has 3 aliphatic heterocycles. The molecule has 3 fully saturated rings. The van der Waals surface area contributed by atoms with E-state index in [0.717, 1.165) is 42.9 Å². The lowest BCUT2D eigenvalue weighted by Crippen LogP contribution is -2.54. The predicted octanol–water partition coefficient (Wildman–Crippen LogP) is 4.66. The zero-order valence-electron chi connectivity index (χ0n) is 19.4. The van der Waals surface area contributed by atoms with E-state index in [1.165, 1.54) is 17.8 Å². The Labute approximate surface area is 198 Å². The van der Waals surface area contributed by atoms with Gasteiger partial charge in [0.2, 0.25) is 0 Å². The van der Waals surface area contributed by atoms with E-state index in [-0.39, 0.29) is 11.9 Å². The van der Waals surface area contributed by atoms with Gasteiger partial charge in [-0.15, -0.1) is 0 Å². The zero-order valence-corrected chi connectivity index (χ0v) is 19.4. The molecule has 4 heterocycles. The summed E-state index contributed by atoms with van der Waals surface area (Å²) in [7, 11) is 3.58. The van der Waals surface area contributed by atoms with Gasteiger partial charge in [0.1, 0.15) is 18.2 Å². The predicted molar refractivity (Wildman–Crippen MR) is 127 cm³/mol. The lowest BCUT2D eigenvalue weighted by molar-refractivity contribution is -0.00222. The first-order valence-electron chi connectivity index (χ1n) is 11.6. The highest BCUT2D eigenvalue weighted by Gasteiger charge is 2.42. The molecule has 7 nitrogen and oxygen atoms in total. The average Bonchev–Trinajstić information content (AvgIpc) is 3.25. The van der Waals surface area contributed by atoms with Gasteiger partial charge in [-0.3, -0.25) is 14.9 Å². The lowest BCUT2D eigenvalue weighted by atomic mass is 9.74. The van der Waals surface area contributed by atoms with E-state index in [9.17, 15) is 9.18 Å². The maximum atomic E-state index is 13.3. The fraction of sp³-hybridized carbons (Fsp3) is 0.385. The summed E-state index contributed by atoms with van der Waals surface area (Å²) in [5.41, 5.74) is 3.65. The van der Waals surface area contributed by atoms with Gasteiger partial charge in [0, 0.05) is 42.5 Å². The van der Waals surface area contributed by atoms with Crippen molar-refractivity contribution in [3.8, 4) is 17.0 Å². The van der Waals surface area contributed by atoms with E-state index in [1.54, 1.807) is 43.5 Å². The number of anilines is 1. The number of piperidine rings is 3. The van der Waals surface area contributed by atoms with Crippen LogP contribution in [0.1, 0.15) is 24.5 Å². The van der Waals surface area contributed by atoms with Gasteiger partial charge in [-0.25, -0.2) is 9.18 Å². The van der Waals surface area contributed by atoms with Crippen molar-refractivity contribution in [3.63, 3.8) is 0 Å². The Morgan fingerprint density at radius 1 is 1.18 bits per heavy atom. The summed E-state index contributed by atoms with van der Waals surface area (Å²) in [6.07, 6.45) is 1.66.